The number of thiophene rings is 1. The molecule has 112 valence electrons. The number of carbonyl (C=O) groups excluding carboxylic acids is 1. The van der Waals surface area contributed by atoms with E-state index in [1.54, 1.807) is 25.2 Å². The topological polar surface area (TPSA) is 64.1 Å². The van der Waals surface area contributed by atoms with Gasteiger partial charge in [-0.2, -0.15) is 0 Å². The third-order valence-electron chi connectivity index (χ3n) is 3.10. The lowest BCUT2D eigenvalue weighted by Crippen LogP contribution is -2.11. The maximum Gasteiger partial charge on any atom is 0.341 e. The molecule has 0 spiro atoms. The van der Waals surface area contributed by atoms with Gasteiger partial charge in [-0.05, 0) is 37.3 Å². The molecule has 0 aliphatic rings. The molecule has 2 aromatic rings. The van der Waals surface area contributed by atoms with Crippen LogP contribution in [0.15, 0.2) is 17.6 Å². The van der Waals surface area contributed by atoms with Crippen molar-refractivity contribution < 1.29 is 9.53 Å². The number of ether oxygens (including phenoxy) is 1. The first-order chi connectivity index (χ1) is 10.2. The number of esters is 1. The SMILES string of the molecule is CCOC(=O)c1cnc(NCc2sccc2CC)nc1C. The smallest absolute Gasteiger partial charge is 0.341 e. The highest BCUT2D eigenvalue weighted by atomic mass is 32.1. The van der Waals surface area contributed by atoms with Crippen LogP contribution in [0.2, 0.25) is 0 Å². The summed E-state index contributed by atoms with van der Waals surface area (Å²) < 4.78 is 4.96. The second-order valence-electron chi connectivity index (χ2n) is 4.49. The fraction of sp³-hybridized carbons (Fsp3) is 0.400. The van der Waals surface area contributed by atoms with Gasteiger partial charge in [0, 0.05) is 11.1 Å². The Morgan fingerprint density at radius 1 is 1.43 bits per heavy atom. The highest BCUT2D eigenvalue weighted by Crippen LogP contribution is 2.18. The monoisotopic (exact) mass is 305 g/mol. The molecule has 0 atom stereocenters. The Hall–Kier alpha value is -1.95. The van der Waals surface area contributed by atoms with Gasteiger partial charge in [-0.3, -0.25) is 0 Å². The summed E-state index contributed by atoms with van der Waals surface area (Å²) in [5, 5.41) is 5.29. The van der Waals surface area contributed by atoms with Gasteiger partial charge in [0.25, 0.3) is 0 Å². The molecule has 6 heteroatoms. The Bertz CT molecular complexity index is 625. The molecular weight excluding hydrogens is 286 g/mol. The zero-order valence-corrected chi connectivity index (χ0v) is 13.3. The van der Waals surface area contributed by atoms with Crippen LogP contribution in [0, 0.1) is 6.92 Å². The lowest BCUT2D eigenvalue weighted by Gasteiger charge is -2.08. The fourth-order valence-corrected chi connectivity index (χ4v) is 2.87. The molecule has 0 radical (unpaired) electrons. The van der Waals surface area contributed by atoms with Crippen molar-refractivity contribution >= 4 is 23.3 Å². The van der Waals surface area contributed by atoms with Crippen LogP contribution in [0.5, 0.6) is 0 Å². The Labute approximate surface area is 128 Å². The molecule has 0 fully saturated rings. The average molecular weight is 305 g/mol. The minimum absolute atomic E-state index is 0.344. The number of carbonyl (C=O) groups is 1. The maximum atomic E-state index is 11.7. The van der Waals surface area contributed by atoms with E-state index in [-0.39, 0.29) is 5.97 Å². The van der Waals surface area contributed by atoms with Gasteiger partial charge in [0.1, 0.15) is 0 Å². The number of hydrogen-bond donors (Lipinski definition) is 1. The zero-order valence-electron chi connectivity index (χ0n) is 12.5. The quantitative estimate of drug-likeness (QED) is 0.830. The van der Waals surface area contributed by atoms with Crippen molar-refractivity contribution in [2.45, 2.75) is 33.7 Å². The highest BCUT2D eigenvalue weighted by Gasteiger charge is 2.12. The van der Waals surface area contributed by atoms with E-state index in [1.807, 2.05) is 0 Å². The van der Waals surface area contributed by atoms with Crippen LogP contribution < -0.4 is 5.32 Å². The van der Waals surface area contributed by atoms with Crippen molar-refractivity contribution in [3.05, 3.63) is 39.3 Å². The van der Waals surface area contributed by atoms with Gasteiger partial charge < -0.3 is 10.1 Å². The zero-order chi connectivity index (χ0) is 15.2. The Morgan fingerprint density at radius 3 is 2.90 bits per heavy atom. The summed E-state index contributed by atoms with van der Waals surface area (Å²) in [5.74, 6) is 0.143. The fourth-order valence-electron chi connectivity index (χ4n) is 1.96. The minimum Gasteiger partial charge on any atom is -0.462 e. The van der Waals surface area contributed by atoms with Crippen LogP contribution in [0.4, 0.5) is 5.95 Å². The van der Waals surface area contributed by atoms with E-state index < -0.39 is 0 Å². The highest BCUT2D eigenvalue weighted by molar-refractivity contribution is 7.10. The number of anilines is 1. The van der Waals surface area contributed by atoms with E-state index in [1.165, 1.54) is 16.6 Å². The van der Waals surface area contributed by atoms with Gasteiger partial charge in [-0.15, -0.1) is 11.3 Å². The molecule has 0 unspecified atom stereocenters. The minimum atomic E-state index is -0.381. The molecule has 2 heterocycles. The lowest BCUT2D eigenvalue weighted by atomic mass is 10.2. The molecule has 0 aromatic carbocycles. The summed E-state index contributed by atoms with van der Waals surface area (Å²) in [6.45, 7) is 6.73. The summed E-state index contributed by atoms with van der Waals surface area (Å²) in [7, 11) is 0. The van der Waals surface area contributed by atoms with E-state index in [0.29, 0.717) is 30.4 Å². The number of aromatic nitrogens is 2. The van der Waals surface area contributed by atoms with Gasteiger partial charge >= 0.3 is 5.97 Å². The summed E-state index contributed by atoms with van der Waals surface area (Å²) >= 11 is 1.72. The predicted molar refractivity (Wildman–Crippen MR) is 83.7 cm³/mol. The van der Waals surface area contributed by atoms with E-state index in [9.17, 15) is 4.79 Å². The molecule has 21 heavy (non-hydrogen) atoms. The second-order valence-corrected chi connectivity index (χ2v) is 5.49. The summed E-state index contributed by atoms with van der Waals surface area (Å²) in [5.41, 5.74) is 2.37. The van der Waals surface area contributed by atoms with Crippen molar-refractivity contribution in [3.8, 4) is 0 Å². The molecule has 0 aliphatic heterocycles. The predicted octanol–water partition coefficient (Wildman–Crippen LogP) is 3.20. The summed E-state index contributed by atoms with van der Waals surface area (Å²) in [6, 6.07) is 2.14. The van der Waals surface area contributed by atoms with Gasteiger partial charge in [0.15, 0.2) is 0 Å². The first-order valence-corrected chi connectivity index (χ1v) is 7.83. The van der Waals surface area contributed by atoms with Crippen LogP contribution in [-0.2, 0) is 17.7 Å². The third kappa shape index (κ3) is 3.78. The van der Waals surface area contributed by atoms with Crippen molar-refractivity contribution in [1.29, 1.82) is 0 Å². The van der Waals surface area contributed by atoms with Crippen LogP contribution >= 0.6 is 11.3 Å². The molecule has 1 N–H and O–H groups in total. The largest absolute Gasteiger partial charge is 0.462 e. The number of hydrogen-bond acceptors (Lipinski definition) is 6. The Balaban J connectivity index is 2.05. The number of nitrogens with one attached hydrogen (secondary N) is 1. The van der Waals surface area contributed by atoms with Crippen LogP contribution in [0.1, 0.15) is 40.3 Å². The maximum absolute atomic E-state index is 11.7. The van der Waals surface area contributed by atoms with Crippen LogP contribution in [-0.4, -0.2) is 22.5 Å². The van der Waals surface area contributed by atoms with Crippen molar-refractivity contribution in [1.82, 2.24) is 9.97 Å². The molecular formula is C15H19N3O2S. The van der Waals surface area contributed by atoms with Crippen molar-refractivity contribution in [2.24, 2.45) is 0 Å². The van der Waals surface area contributed by atoms with Crippen LogP contribution in [0.3, 0.4) is 0 Å². The normalized spacial score (nSPS) is 10.4. The van der Waals surface area contributed by atoms with E-state index in [0.717, 1.165) is 6.42 Å². The third-order valence-corrected chi connectivity index (χ3v) is 4.06. The first-order valence-electron chi connectivity index (χ1n) is 6.95. The molecule has 2 rings (SSSR count). The lowest BCUT2D eigenvalue weighted by molar-refractivity contribution is 0.0524. The van der Waals surface area contributed by atoms with E-state index in [4.69, 9.17) is 4.74 Å². The van der Waals surface area contributed by atoms with E-state index in [2.05, 4.69) is 33.7 Å². The van der Waals surface area contributed by atoms with Crippen LogP contribution in [0.25, 0.3) is 0 Å². The number of rotatable bonds is 6. The van der Waals surface area contributed by atoms with Gasteiger partial charge in [-0.25, -0.2) is 14.8 Å². The molecule has 0 aliphatic carbocycles. The van der Waals surface area contributed by atoms with Gasteiger partial charge in [0.2, 0.25) is 5.95 Å². The molecule has 0 amide bonds. The summed E-state index contributed by atoms with van der Waals surface area (Å²) in [6.07, 6.45) is 2.53. The molecule has 0 saturated heterocycles. The molecule has 2 aromatic heterocycles. The molecule has 0 saturated carbocycles. The average Bonchev–Trinajstić information content (AvgIpc) is 2.92. The van der Waals surface area contributed by atoms with Crippen molar-refractivity contribution in [2.75, 3.05) is 11.9 Å². The first kappa shape index (κ1) is 15.4. The molecule has 5 nitrogen and oxygen atoms in total. The standard InChI is InChI=1S/C15H19N3O2S/c1-4-11-6-7-21-13(11)9-17-15-16-8-12(10(3)18-15)14(19)20-5-2/h6-8H,4-5,9H2,1-3H3,(H,16,17,18). The summed E-state index contributed by atoms with van der Waals surface area (Å²) in [4.78, 5) is 21.5. The van der Waals surface area contributed by atoms with E-state index >= 15 is 0 Å². The second kappa shape index (κ2) is 7.17. The number of nitrogens with zero attached hydrogens (tertiary/aromatic N) is 2. The van der Waals surface area contributed by atoms with Gasteiger partial charge in [0.05, 0.1) is 24.4 Å². The number of aryl methyl sites for hydroxylation is 2. The van der Waals surface area contributed by atoms with Crippen molar-refractivity contribution in [3.63, 3.8) is 0 Å². The molecule has 0 bridgehead atoms. The Kier molecular flexibility index (Phi) is 5.27. The van der Waals surface area contributed by atoms with Gasteiger partial charge in [-0.1, -0.05) is 6.92 Å². The Morgan fingerprint density at radius 2 is 2.24 bits per heavy atom.